The Labute approximate surface area is 257 Å². The maximum atomic E-state index is 11.7. The molecule has 1 aromatic carbocycles. The summed E-state index contributed by atoms with van der Waals surface area (Å²) < 4.78 is 18.7. The molecule has 2 aliphatic heterocycles. The number of tetrazole rings is 1. The number of anilines is 2. The summed E-state index contributed by atoms with van der Waals surface area (Å²) in [7, 11) is 0. The van der Waals surface area contributed by atoms with Gasteiger partial charge in [-0.05, 0) is 44.0 Å². The fourth-order valence-corrected chi connectivity index (χ4v) is 5.54. The molecule has 0 aliphatic carbocycles. The summed E-state index contributed by atoms with van der Waals surface area (Å²) >= 11 is 0. The van der Waals surface area contributed by atoms with Crippen LogP contribution in [0.1, 0.15) is 50.0 Å². The van der Waals surface area contributed by atoms with Gasteiger partial charge in [0.05, 0.1) is 25.0 Å². The van der Waals surface area contributed by atoms with E-state index in [1.165, 1.54) is 11.1 Å². The summed E-state index contributed by atoms with van der Waals surface area (Å²) in [5, 5.41) is 32.8. The molecule has 0 spiro atoms. The van der Waals surface area contributed by atoms with Crippen molar-refractivity contribution in [2.45, 2.75) is 69.4 Å². The van der Waals surface area contributed by atoms with Crippen molar-refractivity contribution in [3.63, 3.8) is 0 Å². The number of aromatic nitrogens is 8. The maximum absolute atomic E-state index is 11.7. The van der Waals surface area contributed by atoms with Gasteiger partial charge in [0, 0.05) is 12.6 Å². The molecular formula is C28H35N11O6. The highest BCUT2D eigenvalue weighted by Crippen LogP contribution is 2.42. The second-order valence-corrected chi connectivity index (χ2v) is 11.2. The number of carbonyl (C=O) groups is 2. The molecule has 6 atom stereocenters. The topological polar surface area (TPSA) is 205 Å². The fourth-order valence-electron chi connectivity index (χ4n) is 5.54. The zero-order chi connectivity index (χ0) is 31.3. The van der Waals surface area contributed by atoms with E-state index in [2.05, 4.69) is 36.3 Å². The van der Waals surface area contributed by atoms with Crippen LogP contribution in [0.4, 0.5) is 11.8 Å². The van der Waals surface area contributed by atoms with Crippen molar-refractivity contribution in [2.75, 3.05) is 30.3 Å². The minimum atomic E-state index is -1.11. The molecule has 0 amide bonds. The average molecular weight is 622 g/mol. The molecule has 6 rings (SSSR count). The van der Waals surface area contributed by atoms with Gasteiger partial charge in [0.1, 0.15) is 0 Å². The number of fused-ring (bicyclic) bond motifs is 1. The van der Waals surface area contributed by atoms with Crippen LogP contribution in [0.3, 0.4) is 0 Å². The number of nitrogens with zero attached hydrogens (tertiary/aromatic N) is 8. The SMILES string of the molecule is CC(C)n1nnc([C@H]2O[C@@H](n3cnc4c(N[C@H](CO)Cc5ccccc5)nc(N[C@H]5CCNC5)nc43)[C@H](OC=O)[C@@H]2OC=O)n1. The Balaban J connectivity index is 1.39. The maximum Gasteiger partial charge on any atom is 0.293 e. The Bertz CT molecular complexity index is 1590. The summed E-state index contributed by atoms with van der Waals surface area (Å²) in [4.78, 5) is 38.7. The van der Waals surface area contributed by atoms with Crippen LogP contribution in [0.15, 0.2) is 36.7 Å². The average Bonchev–Trinajstić information content (AvgIpc) is 3.85. The molecule has 2 fully saturated rings. The highest BCUT2D eigenvalue weighted by atomic mass is 16.6. The Morgan fingerprint density at radius 2 is 1.96 bits per heavy atom. The number of aliphatic hydroxyl groups excluding tert-OH is 1. The lowest BCUT2D eigenvalue weighted by molar-refractivity contribution is -0.151. The lowest BCUT2D eigenvalue weighted by Crippen LogP contribution is -2.34. The number of aliphatic hydroxyl groups is 1. The molecule has 17 heteroatoms. The van der Waals surface area contributed by atoms with E-state index in [-0.39, 0.29) is 43.5 Å². The number of hydrogen-bond donors (Lipinski definition) is 4. The second kappa shape index (κ2) is 13.5. The minimum Gasteiger partial charge on any atom is -0.457 e. The first-order valence-electron chi connectivity index (χ1n) is 14.7. The molecule has 3 aromatic heterocycles. The number of ether oxygens (including phenoxy) is 3. The second-order valence-electron chi connectivity index (χ2n) is 11.2. The first-order chi connectivity index (χ1) is 22.0. The van der Waals surface area contributed by atoms with Gasteiger partial charge in [-0.15, -0.1) is 10.2 Å². The largest absolute Gasteiger partial charge is 0.457 e. The molecule has 2 aliphatic rings. The highest BCUT2D eigenvalue weighted by molar-refractivity contribution is 5.84. The summed E-state index contributed by atoms with van der Waals surface area (Å²) in [6, 6.07) is 9.44. The fraction of sp³-hybridized carbons (Fsp3) is 0.500. The van der Waals surface area contributed by atoms with Gasteiger partial charge in [0.25, 0.3) is 12.9 Å². The van der Waals surface area contributed by atoms with Gasteiger partial charge in [0.15, 0.2) is 41.5 Å². The van der Waals surface area contributed by atoms with E-state index in [4.69, 9.17) is 24.2 Å². The summed E-state index contributed by atoms with van der Waals surface area (Å²) in [5.41, 5.74) is 1.79. The molecule has 238 valence electrons. The molecule has 0 saturated carbocycles. The number of imidazole rings is 1. The quantitative estimate of drug-likeness (QED) is 0.142. The standard InChI is InChI=1S/C28H35N11O6/c1-16(2)39-36-25(35-37-39)22-21(43-14-41)23(44-15-42)27(45-22)38-13-30-20-24(31-19(12-40)10-17-6-4-3-5-7-17)33-28(34-26(20)38)32-18-8-9-29-11-18/h3-7,13-16,18-19,21-23,27,29,40H,8-12H2,1-2H3,(H2,31,32,33,34)/t18-,19-,21+,22-,23+,27+/m0/s1. The van der Waals surface area contributed by atoms with Gasteiger partial charge in [-0.1, -0.05) is 30.3 Å². The molecule has 0 unspecified atom stereocenters. The van der Waals surface area contributed by atoms with Crippen molar-refractivity contribution in [1.29, 1.82) is 0 Å². The van der Waals surface area contributed by atoms with Crippen LogP contribution in [0.5, 0.6) is 0 Å². The number of rotatable bonds is 14. The lowest BCUT2D eigenvalue weighted by atomic mass is 10.1. The van der Waals surface area contributed by atoms with Crippen LogP contribution in [0.2, 0.25) is 0 Å². The Morgan fingerprint density at radius 1 is 1.16 bits per heavy atom. The van der Waals surface area contributed by atoms with Crippen LogP contribution in [-0.4, -0.2) is 102 Å². The van der Waals surface area contributed by atoms with E-state index in [1.54, 1.807) is 4.57 Å². The zero-order valence-corrected chi connectivity index (χ0v) is 24.8. The number of nitrogens with one attached hydrogen (secondary N) is 3. The molecule has 4 N–H and O–H groups in total. The number of carbonyl (C=O) groups excluding carboxylic acids is 2. The predicted molar refractivity (Wildman–Crippen MR) is 158 cm³/mol. The van der Waals surface area contributed by atoms with Gasteiger partial charge in [-0.25, -0.2) is 4.98 Å². The summed E-state index contributed by atoms with van der Waals surface area (Å²) in [6.07, 6.45) is -1.34. The first-order valence-corrected chi connectivity index (χ1v) is 14.7. The van der Waals surface area contributed by atoms with Gasteiger partial charge in [-0.2, -0.15) is 14.8 Å². The smallest absolute Gasteiger partial charge is 0.293 e. The van der Waals surface area contributed by atoms with Gasteiger partial charge >= 0.3 is 0 Å². The predicted octanol–water partition coefficient (Wildman–Crippen LogP) is 0.536. The van der Waals surface area contributed by atoms with E-state index < -0.39 is 24.5 Å². The molecule has 2 saturated heterocycles. The zero-order valence-electron chi connectivity index (χ0n) is 24.8. The first kappa shape index (κ1) is 30.3. The monoisotopic (exact) mass is 621 g/mol. The molecule has 4 aromatic rings. The third-order valence-corrected chi connectivity index (χ3v) is 7.75. The van der Waals surface area contributed by atoms with Crippen LogP contribution in [-0.2, 0) is 30.2 Å². The molecular weight excluding hydrogens is 586 g/mol. The Kier molecular flexibility index (Phi) is 9.08. The third-order valence-electron chi connectivity index (χ3n) is 7.75. The summed E-state index contributed by atoms with van der Waals surface area (Å²) in [5.74, 6) is 0.884. The van der Waals surface area contributed by atoms with Crippen molar-refractivity contribution in [3.05, 3.63) is 48.0 Å². The van der Waals surface area contributed by atoms with Crippen LogP contribution < -0.4 is 16.0 Å². The van der Waals surface area contributed by atoms with E-state index in [9.17, 15) is 14.7 Å². The van der Waals surface area contributed by atoms with Crippen molar-refractivity contribution in [3.8, 4) is 0 Å². The highest BCUT2D eigenvalue weighted by Gasteiger charge is 2.52. The van der Waals surface area contributed by atoms with Crippen molar-refractivity contribution < 1.29 is 28.9 Å². The van der Waals surface area contributed by atoms with Crippen molar-refractivity contribution in [1.82, 2.24) is 45.0 Å². The lowest BCUT2D eigenvalue weighted by Gasteiger charge is -2.22. The molecule has 17 nitrogen and oxygen atoms in total. The third kappa shape index (κ3) is 6.40. The number of hydrogen-bond acceptors (Lipinski definition) is 15. The minimum absolute atomic E-state index is 0.0817. The van der Waals surface area contributed by atoms with Crippen molar-refractivity contribution in [2.24, 2.45) is 0 Å². The Morgan fingerprint density at radius 3 is 2.64 bits per heavy atom. The van der Waals surface area contributed by atoms with Gasteiger partial charge in [0.2, 0.25) is 11.8 Å². The molecule has 5 heterocycles. The molecule has 0 bridgehead atoms. The van der Waals surface area contributed by atoms with Crippen LogP contribution in [0.25, 0.3) is 11.2 Å². The normalized spacial score (nSPS) is 23.7. The van der Waals surface area contributed by atoms with E-state index >= 15 is 0 Å². The summed E-state index contributed by atoms with van der Waals surface area (Å²) in [6.45, 7) is 5.74. The molecule has 45 heavy (non-hydrogen) atoms. The van der Waals surface area contributed by atoms with Crippen LogP contribution in [0, 0.1) is 0 Å². The van der Waals surface area contributed by atoms with E-state index in [0.717, 1.165) is 25.1 Å². The van der Waals surface area contributed by atoms with Crippen molar-refractivity contribution >= 4 is 35.9 Å². The van der Waals surface area contributed by atoms with E-state index in [1.807, 2.05) is 44.2 Å². The molecule has 0 radical (unpaired) electrons. The van der Waals surface area contributed by atoms with E-state index in [0.29, 0.717) is 29.4 Å². The van der Waals surface area contributed by atoms with Gasteiger partial charge in [-0.3, -0.25) is 14.2 Å². The number of benzene rings is 1. The van der Waals surface area contributed by atoms with Gasteiger partial charge < -0.3 is 35.3 Å². The van der Waals surface area contributed by atoms with Crippen LogP contribution >= 0.6 is 0 Å². The Hall–Kier alpha value is -4.74.